The van der Waals surface area contributed by atoms with Crippen LogP contribution in [0.5, 0.6) is 0 Å². The van der Waals surface area contributed by atoms with Gasteiger partial charge in [-0.05, 0) is 43.4 Å². The van der Waals surface area contributed by atoms with Gasteiger partial charge in [0.05, 0.1) is 0 Å². The predicted octanol–water partition coefficient (Wildman–Crippen LogP) is 6.75. The van der Waals surface area contributed by atoms with Gasteiger partial charge in [0.2, 0.25) is 0 Å². The number of thiol groups is 1. The first-order valence-corrected chi connectivity index (χ1v) is 9.55. The van der Waals surface area contributed by atoms with Gasteiger partial charge in [0.1, 0.15) is 0 Å². The van der Waals surface area contributed by atoms with Crippen molar-refractivity contribution < 1.29 is 0 Å². The second kappa shape index (κ2) is 6.59. The van der Waals surface area contributed by atoms with Crippen molar-refractivity contribution >= 4 is 12.6 Å². The van der Waals surface area contributed by atoms with Crippen LogP contribution in [-0.4, -0.2) is 5.25 Å². The van der Waals surface area contributed by atoms with Crippen molar-refractivity contribution in [2.75, 3.05) is 0 Å². The fourth-order valence-electron chi connectivity index (χ4n) is 4.55. The van der Waals surface area contributed by atoms with Crippen LogP contribution < -0.4 is 0 Å². The highest BCUT2D eigenvalue weighted by atomic mass is 32.1. The maximum atomic E-state index is 4.91. The molecule has 2 aliphatic carbocycles. The molecule has 2 aliphatic rings. The number of hydrogen-bond acceptors (Lipinski definition) is 1. The molecular formula is C21H34S. The molecule has 0 aliphatic heterocycles. The van der Waals surface area contributed by atoms with Gasteiger partial charge in [0.25, 0.3) is 0 Å². The molecule has 0 saturated heterocycles. The average molecular weight is 319 g/mol. The average Bonchev–Trinajstić information content (AvgIpc) is 2.78. The van der Waals surface area contributed by atoms with E-state index in [-0.39, 0.29) is 10.8 Å². The molecule has 1 heteroatoms. The van der Waals surface area contributed by atoms with Crippen LogP contribution in [0.2, 0.25) is 0 Å². The first-order valence-electron chi connectivity index (χ1n) is 9.03. The van der Waals surface area contributed by atoms with Gasteiger partial charge < -0.3 is 0 Å². The summed E-state index contributed by atoms with van der Waals surface area (Å²) < 4.78 is 0. The summed E-state index contributed by atoms with van der Waals surface area (Å²) in [5.74, 6) is 0.612. The van der Waals surface area contributed by atoms with Gasteiger partial charge in [-0.25, -0.2) is 0 Å². The van der Waals surface area contributed by atoms with E-state index in [1.807, 2.05) is 0 Å². The van der Waals surface area contributed by atoms with Gasteiger partial charge >= 0.3 is 0 Å². The molecule has 22 heavy (non-hydrogen) atoms. The van der Waals surface area contributed by atoms with Crippen molar-refractivity contribution in [2.45, 2.75) is 78.4 Å². The summed E-state index contributed by atoms with van der Waals surface area (Å²) in [6.07, 6.45) is 12.1. The first kappa shape index (κ1) is 17.9. The van der Waals surface area contributed by atoms with Gasteiger partial charge in [-0.15, -0.1) is 0 Å². The minimum atomic E-state index is 0.184. The third-order valence-electron chi connectivity index (χ3n) is 6.46. The Kier molecular flexibility index (Phi) is 5.37. The Hall–Kier alpha value is -0.430. The zero-order chi connectivity index (χ0) is 16.5. The summed E-state index contributed by atoms with van der Waals surface area (Å²) in [7, 11) is 0. The minimum Gasteiger partial charge on any atom is -0.175 e. The Balaban J connectivity index is 2.33. The second-order valence-corrected chi connectivity index (χ2v) is 8.73. The standard InChI is InChI=1S/C21H34S/c1-7-9-18(20(4,5)15(3)8-2)16-10-11-17-12-13-19(22)21(17,6)14-16/h10-11,18-19,22H,3,7-9,12-14H2,1-2,4-6H3. The Morgan fingerprint density at radius 1 is 1.41 bits per heavy atom. The second-order valence-electron chi connectivity index (χ2n) is 8.10. The highest BCUT2D eigenvalue weighted by molar-refractivity contribution is 7.81. The van der Waals surface area contributed by atoms with Crippen LogP contribution in [0.25, 0.3) is 0 Å². The molecule has 1 fully saturated rings. The molecule has 0 spiro atoms. The van der Waals surface area contributed by atoms with Gasteiger partial charge in [-0.3, -0.25) is 0 Å². The van der Waals surface area contributed by atoms with E-state index in [1.54, 1.807) is 11.1 Å². The molecule has 3 atom stereocenters. The lowest BCUT2D eigenvalue weighted by Crippen LogP contribution is -2.33. The maximum absolute atomic E-state index is 4.91. The van der Waals surface area contributed by atoms with Crippen molar-refractivity contribution in [1.29, 1.82) is 0 Å². The molecule has 2 rings (SSSR count). The van der Waals surface area contributed by atoms with Gasteiger partial charge in [-0.1, -0.05) is 76.5 Å². The molecule has 0 N–H and O–H groups in total. The van der Waals surface area contributed by atoms with Crippen LogP contribution in [0.3, 0.4) is 0 Å². The lowest BCUT2D eigenvalue weighted by atomic mass is 9.63. The van der Waals surface area contributed by atoms with Crippen LogP contribution in [0.15, 0.2) is 35.5 Å². The van der Waals surface area contributed by atoms with E-state index in [2.05, 4.69) is 53.3 Å². The van der Waals surface area contributed by atoms with Crippen molar-refractivity contribution in [3.63, 3.8) is 0 Å². The molecule has 0 heterocycles. The van der Waals surface area contributed by atoms with Crippen molar-refractivity contribution in [3.05, 3.63) is 35.5 Å². The SMILES string of the molecule is C=C(CC)C(C)(C)C(CCC)C1=CC=C2CCC(S)C2(C)C1. The third kappa shape index (κ3) is 2.98. The molecular weight excluding hydrogens is 284 g/mol. The number of hydrogen-bond donors (Lipinski definition) is 1. The van der Waals surface area contributed by atoms with Gasteiger partial charge in [0, 0.05) is 10.7 Å². The molecule has 0 aromatic heterocycles. The summed E-state index contributed by atoms with van der Waals surface area (Å²) in [5.41, 5.74) is 5.11. The Morgan fingerprint density at radius 2 is 2.09 bits per heavy atom. The van der Waals surface area contributed by atoms with E-state index in [0.717, 1.165) is 6.42 Å². The van der Waals surface area contributed by atoms with E-state index >= 15 is 0 Å². The van der Waals surface area contributed by atoms with E-state index in [4.69, 9.17) is 12.6 Å². The number of fused-ring (bicyclic) bond motifs is 1. The summed E-state index contributed by atoms with van der Waals surface area (Å²) in [4.78, 5) is 0. The third-order valence-corrected chi connectivity index (χ3v) is 7.29. The smallest absolute Gasteiger partial charge is 0.0114 e. The lowest BCUT2D eigenvalue weighted by Gasteiger charge is -2.43. The molecule has 0 amide bonds. The highest BCUT2D eigenvalue weighted by Crippen LogP contribution is 2.55. The topological polar surface area (TPSA) is 0 Å². The first-order chi connectivity index (χ1) is 10.3. The molecule has 124 valence electrons. The molecule has 0 nitrogen and oxygen atoms in total. The summed E-state index contributed by atoms with van der Waals surface area (Å²) >= 11 is 4.91. The van der Waals surface area contributed by atoms with E-state index in [9.17, 15) is 0 Å². The monoisotopic (exact) mass is 318 g/mol. The molecule has 0 aromatic rings. The molecule has 1 saturated carbocycles. The maximum Gasteiger partial charge on any atom is 0.0114 e. The zero-order valence-electron chi connectivity index (χ0n) is 15.2. The van der Waals surface area contributed by atoms with Gasteiger partial charge in [0.15, 0.2) is 0 Å². The molecule has 3 unspecified atom stereocenters. The molecule has 0 aromatic carbocycles. The Labute approximate surface area is 143 Å². The van der Waals surface area contributed by atoms with Crippen LogP contribution >= 0.6 is 12.6 Å². The molecule has 0 radical (unpaired) electrons. The van der Waals surface area contributed by atoms with Crippen LogP contribution in [-0.2, 0) is 0 Å². The minimum absolute atomic E-state index is 0.184. The van der Waals surface area contributed by atoms with Crippen molar-refractivity contribution in [3.8, 4) is 0 Å². The Bertz CT molecular complexity index is 494. The molecule has 0 bridgehead atoms. The zero-order valence-corrected chi connectivity index (χ0v) is 16.1. The Morgan fingerprint density at radius 3 is 2.68 bits per heavy atom. The van der Waals surface area contributed by atoms with E-state index < -0.39 is 0 Å². The van der Waals surface area contributed by atoms with Crippen LogP contribution in [0.1, 0.15) is 73.1 Å². The predicted molar refractivity (Wildman–Crippen MR) is 103 cm³/mol. The van der Waals surface area contributed by atoms with Crippen molar-refractivity contribution in [2.24, 2.45) is 16.7 Å². The largest absolute Gasteiger partial charge is 0.175 e. The van der Waals surface area contributed by atoms with E-state index in [0.29, 0.717) is 11.2 Å². The fourth-order valence-corrected chi connectivity index (χ4v) is 4.93. The van der Waals surface area contributed by atoms with Crippen LogP contribution in [0, 0.1) is 16.7 Å². The summed E-state index contributed by atoms with van der Waals surface area (Å²) in [6.45, 7) is 16.2. The highest BCUT2D eigenvalue weighted by Gasteiger charge is 2.45. The quantitative estimate of drug-likeness (QED) is 0.406. The number of rotatable bonds is 6. The number of allylic oxidation sites excluding steroid dienone is 5. The summed E-state index contributed by atoms with van der Waals surface area (Å²) in [6, 6.07) is 0. The normalized spacial score (nSPS) is 29.6. The van der Waals surface area contributed by atoms with Crippen LogP contribution in [0.4, 0.5) is 0 Å². The summed E-state index contributed by atoms with van der Waals surface area (Å²) in [5, 5.41) is 0.516. The van der Waals surface area contributed by atoms with Crippen molar-refractivity contribution in [1.82, 2.24) is 0 Å². The lowest BCUT2D eigenvalue weighted by molar-refractivity contribution is 0.258. The fraction of sp³-hybridized carbons (Fsp3) is 0.714. The van der Waals surface area contributed by atoms with E-state index in [1.165, 1.54) is 37.7 Å². The van der Waals surface area contributed by atoms with Gasteiger partial charge in [-0.2, -0.15) is 12.6 Å².